The molecule has 2 N–H and O–H groups in total. The first kappa shape index (κ1) is 16.0. The number of hydrogen-bond donors (Lipinski definition) is 2. The van der Waals surface area contributed by atoms with Gasteiger partial charge in [-0.25, -0.2) is 4.98 Å². The molecule has 2 aromatic carbocycles. The molecule has 1 amide bonds. The van der Waals surface area contributed by atoms with Crippen LogP contribution in [-0.2, 0) is 17.9 Å². The molecule has 3 rings (SSSR count). The highest BCUT2D eigenvalue weighted by molar-refractivity contribution is 5.81. The number of aromatic nitrogens is 2. The van der Waals surface area contributed by atoms with Gasteiger partial charge in [0.2, 0.25) is 0 Å². The van der Waals surface area contributed by atoms with Crippen molar-refractivity contribution in [3.8, 4) is 0 Å². The predicted molar refractivity (Wildman–Crippen MR) is 91.0 cm³/mol. The number of aliphatic hydroxyl groups excluding tert-OH is 1. The summed E-state index contributed by atoms with van der Waals surface area (Å²) in [5, 5.41) is 12.8. The third-order valence-corrected chi connectivity index (χ3v) is 3.78. The lowest BCUT2D eigenvalue weighted by Crippen LogP contribution is -2.28. The van der Waals surface area contributed by atoms with Gasteiger partial charge in [0, 0.05) is 25.5 Å². The van der Waals surface area contributed by atoms with Crippen molar-refractivity contribution in [1.82, 2.24) is 14.9 Å². The SMILES string of the molecule is O=C(NCc1ccc(Cn2ccnc2)cc1)C(O)c1ccccc1. The Labute approximate surface area is 140 Å². The molecule has 0 aliphatic heterocycles. The van der Waals surface area contributed by atoms with Crippen LogP contribution in [-0.4, -0.2) is 20.6 Å². The van der Waals surface area contributed by atoms with E-state index in [9.17, 15) is 9.90 Å². The van der Waals surface area contributed by atoms with E-state index in [4.69, 9.17) is 0 Å². The standard InChI is InChI=1S/C19H19N3O2/c23-18(17-4-2-1-3-5-17)19(24)21-12-15-6-8-16(9-7-15)13-22-11-10-20-14-22/h1-11,14,18,23H,12-13H2,(H,21,24). The summed E-state index contributed by atoms with van der Waals surface area (Å²) >= 11 is 0. The van der Waals surface area contributed by atoms with Crippen LogP contribution in [0.2, 0.25) is 0 Å². The van der Waals surface area contributed by atoms with Crippen molar-refractivity contribution in [2.45, 2.75) is 19.2 Å². The van der Waals surface area contributed by atoms with Crippen molar-refractivity contribution in [3.05, 3.63) is 90.0 Å². The zero-order chi connectivity index (χ0) is 16.8. The minimum absolute atomic E-state index is 0.383. The predicted octanol–water partition coefficient (Wildman–Crippen LogP) is 2.28. The van der Waals surface area contributed by atoms with Gasteiger partial charge in [0.25, 0.3) is 5.91 Å². The summed E-state index contributed by atoms with van der Waals surface area (Å²) in [4.78, 5) is 16.0. The van der Waals surface area contributed by atoms with E-state index in [1.807, 2.05) is 41.1 Å². The number of hydrogen-bond acceptors (Lipinski definition) is 3. The average molecular weight is 321 g/mol. The molecule has 0 bridgehead atoms. The quantitative estimate of drug-likeness (QED) is 0.732. The van der Waals surface area contributed by atoms with Crippen LogP contribution in [0.4, 0.5) is 0 Å². The molecule has 1 unspecified atom stereocenters. The van der Waals surface area contributed by atoms with Crippen molar-refractivity contribution in [2.24, 2.45) is 0 Å². The first-order valence-corrected chi connectivity index (χ1v) is 7.76. The minimum Gasteiger partial charge on any atom is -0.378 e. The molecule has 1 atom stereocenters. The Morgan fingerprint density at radius 3 is 2.46 bits per heavy atom. The van der Waals surface area contributed by atoms with Crippen molar-refractivity contribution < 1.29 is 9.90 Å². The van der Waals surface area contributed by atoms with Gasteiger partial charge < -0.3 is 15.0 Å². The van der Waals surface area contributed by atoms with E-state index in [0.29, 0.717) is 12.1 Å². The fraction of sp³-hybridized carbons (Fsp3) is 0.158. The molecule has 0 saturated carbocycles. The van der Waals surface area contributed by atoms with Crippen molar-refractivity contribution in [1.29, 1.82) is 0 Å². The van der Waals surface area contributed by atoms with Gasteiger partial charge in [0.15, 0.2) is 6.10 Å². The molecular formula is C19H19N3O2. The van der Waals surface area contributed by atoms with E-state index in [2.05, 4.69) is 10.3 Å². The molecule has 0 radical (unpaired) electrons. The zero-order valence-electron chi connectivity index (χ0n) is 13.2. The number of carbonyl (C=O) groups excluding carboxylic acids is 1. The number of carbonyl (C=O) groups is 1. The van der Waals surface area contributed by atoms with Gasteiger partial charge in [0.1, 0.15) is 0 Å². The molecule has 0 fully saturated rings. The van der Waals surface area contributed by atoms with Gasteiger partial charge >= 0.3 is 0 Å². The van der Waals surface area contributed by atoms with E-state index in [0.717, 1.165) is 17.7 Å². The first-order valence-electron chi connectivity index (χ1n) is 7.76. The van der Waals surface area contributed by atoms with Crippen LogP contribution >= 0.6 is 0 Å². The number of amides is 1. The van der Waals surface area contributed by atoms with E-state index < -0.39 is 12.0 Å². The van der Waals surface area contributed by atoms with Crippen LogP contribution in [0.1, 0.15) is 22.8 Å². The largest absolute Gasteiger partial charge is 0.378 e. The zero-order valence-corrected chi connectivity index (χ0v) is 13.2. The third kappa shape index (κ3) is 4.08. The van der Waals surface area contributed by atoms with Crippen LogP contribution in [0.15, 0.2) is 73.3 Å². The Kier molecular flexibility index (Phi) is 5.03. The highest BCUT2D eigenvalue weighted by atomic mass is 16.3. The van der Waals surface area contributed by atoms with Crippen LogP contribution in [0.5, 0.6) is 0 Å². The summed E-state index contributed by atoms with van der Waals surface area (Å²) in [6, 6.07) is 16.9. The number of nitrogens with zero attached hydrogens (tertiary/aromatic N) is 2. The van der Waals surface area contributed by atoms with E-state index in [1.165, 1.54) is 0 Å². The Morgan fingerprint density at radius 1 is 1.08 bits per heavy atom. The van der Waals surface area contributed by atoms with E-state index in [1.54, 1.807) is 36.8 Å². The highest BCUT2D eigenvalue weighted by Gasteiger charge is 2.16. The number of aliphatic hydroxyl groups is 1. The average Bonchev–Trinajstić information content (AvgIpc) is 3.14. The molecule has 3 aromatic rings. The molecular weight excluding hydrogens is 302 g/mol. The van der Waals surface area contributed by atoms with Crippen molar-refractivity contribution in [3.63, 3.8) is 0 Å². The van der Waals surface area contributed by atoms with Crippen LogP contribution < -0.4 is 5.32 Å². The lowest BCUT2D eigenvalue weighted by atomic mass is 10.1. The molecule has 1 aromatic heterocycles. The summed E-state index contributed by atoms with van der Waals surface area (Å²) in [6.45, 7) is 1.15. The van der Waals surface area contributed by atoms with Gasteiger partial charge in [-0.05, 0) is 16.7 Å². The van der Waals surface area contributed by atoms with Crippen molar-refractivity contribution in [2.75, 3.05) is 0 Å². The normalized spacial score (nSPS) is 11.9. The number of benzene rings is 2. The second kappa shape index (κ2) is 7.57. The maximum absolute atomic E-state index is 12.0. The topological polar surface area (TPSA) is 67.2 Å². The Bertz CT molecular complexity index is 768. The number of imidazole rings is 1. The Morgan fingerprint density at radius 2 is 1.79 bits per heavy atom. The monoisotopic (exact) mass is 321 g/mol. The second-order valence-corrected chi connectivity index (χ2v) is 5.58. The Balaban J connectivity index is 1.53. The smallest absolute Gasteiger partial charge is 0.253 e. The minimum atomic E-state index is -1.15. The number of rotatable bonds is 6. The molecule has 0 aliphatic carbocycles. The molecule has 1 heterocycles. The van der Waals surface area contributed by atoms with Gasteiger partial charge in [-0.1, -0.05) is 54.6 Å². The van der Waals surface area contributed by atoms with Gasteiger partial charge in [-0.15, -0.1) is 0 Å². The molecule has 0 spiro atoms. The van der Waals surface area contributed by atoms with E-state index >= 15 is 0 Å². The molecule has 24 heavy (non-hydrogen) atoms. The first-order chi connectivity index (χ1) is 11.7. The molecule has 5 nitrogen and oxygen atoms in total. The highest BCUT2D eigenvalue weighted by Crippen LogP contribution is 2.12. The summed E-state index contributed by atoms with van der Waals surface area (Å²) in [5.74, 6) is -0.399. The number of nitrogens with one attached hydrogen (secondary N) is 1. The Hall–Kier alpha value is -2.92. The molecule has 122 valence electrons. The summed E-state index contributed by atoms with van der Waals surface area (Å²) in [7, 11) is 0. The molecule has 0 saturated heterocycles. The summed E-state index contributed by atoms with van der Waals surface area (Å²) in [6.07, 6.45) is 4.30. The molecule has 5 heteroatoms. The van der Waals surface area contributed by atoms with E-state index in [-0.39, 0.29) is 0 Å². The summed E-state index contributed by atoms with van der Waals surface area (Å²) < 4.78 is 1.99. The van der Waals surface area contributed by atoms with Crippen molar-refractivity contribution >= 4 is 5.91 Å². The maximum atomic E-state index is 12.0. The second-order valence-electron chi connectivity index (χ2n) is 5.58. The van der Waals surface area contributed by atoms with Crippen LogP contribution in [0.3, 0.4) is 0 Å². The fourth-order valence-corrected chi connectivity index (χ4v) is 2.43. The lowest BCUT2D eigenvalue weighted by Gasteiger charge is -2.12. The van der Waals surface area contributed by atoms with Gasteiger partial charge in [0.05, 0.1) is 6.33 Å². The van der Waals surface area contributed by atoms with Crippen LogP contribution in [0.25, 0.3) is 0 Å². The van der Waals surface area contributed by atoms with Gasteiger partial charge in [-0.3, -0.25) is 4.79 Å². The third-order valence-electron chi connectivity index (χ3n) is 3.78. The molecule has 0 aliphatic rings. The fourth-order valence-electron chi connectivity index (χ4n) is 2.43. The lowest BCUT2D eigenvalue weighted by molar-refractivity contribution is -0.129. The summed E-state index contributed by atoms with van der Waals surface area (Å²) in [5.41, 5.74) is 2.73. The maximum Gasteiger partial charge on any atom is 0.253 e. The van der Waals surface area contributed by atoms with Crippen LogP contribution in [0, 0.1) is 0 Å². The van der Waals surface area contributed by atoms with Gasteiger partial charge in [-0.2, -0.15) is 0 Å².